The molecule has 1 aromatic rings. The van der Waals surface area contributed by atoms with Crippen LogP contribution in [0, 0.1) is 19.8 Å². The first-order chi connectivity index (χ1) is 9.08. The van der Waals surface area contributed by atoms with Crippen molar-refractivity contribution in [3.05, 3.63) is 34.9 Å². The van der Waals surface area contributed by atoms with Gasteiger partial charge in [-0.3, -0.25) is 4.79 Å². The minimum Gasteiger partial charge on any atom is -0.349 e. The van der Waals surface area contributed by atoms with E-state index in [0.29, 0.717) is 5.92 Å². The number of nitrogens with one attached hydrogen (secondary N) is 2. The van der Waals surface area contributed by atoms with Crippen molar-refractivity contribution in [2.24, 2.45) is 5.92 Å². The summed E-state index contributed by atoms with van der Waals surface area (Å²) in [7, 11) is 0. The Morgan fingerprint density at radius 3 is 2.79 bits per heavy atom. The molecule has 1 saturated heterocycles. The van der Waals surface area contributed by atoms with Gasteiger partial charge in [-0.25, -0.2) is 0 Å². The normalized spacial score (nSPS) is 20.9. The lowest BCUT2D eigenvalue weighted by molar-refractivity contribution is 0.0922. The lowest BCUT2D eigenvalue weighted by Crippen LogP contribution is -2.44. The summed E-state index contributed by atoms with van der Waals surface area (Å²) < 4.78 is 0. The average molecular weight is 260 g/mol. The quantitative estimate of drug-likeness (QED) is 0.876. The minimum absolute atomic E-state index is 0.0428. The van der Waals surface area contributed by atoms with E-state index in [9.17, 15) is 4.79 Å². The van der Waals surface area contributed by atoms with Gasteiger partial charge in [-0.1, -0.05) is 6.07 Å². The number of hydrogen-bond donors (Lipinski definition) is 2. The molecular weight excluding hydrogens is 236 g/mol. The first-order valence-corrected chi connectivity index (χ1v) is 7.17. The van der Waals surface area contributed by atoms with Gasteiger partial charge in [-0.15, -0.1) is 0 Å². The third kappa shape index (κ3) is 3.57. The number of rotatable bonds is 3. The predicted octanol–water partition coefficient (Wildman–Crippen LogP) is 2.42. The van der Waals surface area contributed by atoms with Crippen LogP contribution in [0.25, 0.3) is 0 Å². The van der Waals surface area contributed by atoms with Gasteiger partial charge in [-0.05, 0) is 75.9 Å². The number of piperidine rings is 1. The first-order valence-electron chi connectivity index (χ1n) is 7.17. The zero-order valence-corrected chi connectivity index (χ0v) is 12.1. The molecule has 104 valence electrons. The van der Waals surface area contributed by atoms with E-state index < -0.39 is 0 Å². The molecule has 0 radical (unpaired) electrons. The third-order valence-electron chi connectivity index (χ3n) is 4.17. The first kappa shape index (κ1) is 14.1. The Bertz CT molecular complexity index is 450. The summed E-state index contributed by atoms with van der Waals surface area (Å²) in [6.07, 6.45) is 2.40. The molecule has 1 aromatic carbocycles. The van der Waals surface area contributed by atoms with Crippen molar-refractivity contribution >= 4 is 5.91 Å². The molecule has 1 amide bonds. The maximum atomic E-state index is 12.2. The lowest BCUT2D eigenvalue weighted by atomic mass is 9.92. The summed E-state index contributed by atoms with van der Waals surface area (Å²) in [6.45, 7) is 8.33. The van der Waals surface area contributed by atoms with Crippen LogP contribution in [0.5, 0.6) is 0 Å². The van der Waals surface area contributed by atoms with Crippen LogP contribution in [0.15, 0.2) is 18.2 Å². The third-order valence-corrected chi connectivity index (χ3v) is 4.17. The highest BCUT2D eigenvalue weighted by Gasteiger charge is 2.21. The number of carbonyl (C=O) groups is 1. The van der Waals surface area contributed by atoms with E-state index in [1.165, 1.54) is 24.0 Å². The predicted molar refractivity (Wildman–Crippen MR) is 78.4 cm³/mol. The van der Waals surface area contributed by atoms with Crippen LogP contribution in [0.4, 0.5) is 0 Å². The number of amides is 1. The molecule has 1 heterocycles. The van der Waals surface area contributed by atoms with E-state index in [2.05, 4.69) is 24.5 Å². The maximum absolute atomic E-state index is 12.2. The van der Waals surface area contributed by atoms with Crippen molar-refractivity contribution in [1.82, 2.24) is 10.6 Å². The van der Waals surface area contributed by atoms with E-state index in [-0.39, 0.29) is 11.9 Å². The Morgan fingerprint density at radius 2 is 2.16 bits per heavy atom. The highest BCUT2D eigenvalue weighted by Crippen LogP contribution is 2.15. The van der Waals surface area contributed by atoms with Gasteiger partial charge < -0.3 is 10.6 Å². The fourth-order valence-electron chi connectivity index (χ4n) is 2.60. The zero-order valence-electron chi connectivity index (χ0n) is 12.1. The smallest absolute Gasteiger partial charge is 0.251 e. The van der Waals surface area contributed by atoms with Gasteiger partial charge >= 0.3 is 0 Å². The molecule has 0 aromatic heterocycles. The number of benzene rings is 1. The van der Waals surface area contributed by atoms with E-state index in [1.807, 2.05) is 25.1 Å². The van der Waals surface area contributed by atoms with E-state index >= 15 is 0 Å². The van der Waals surface area contributed by atoms with Gasteiger partial charge in [0.05, 0.1) is 0 Å². The fourth-order valence-corrected chi connectivity index (χ4v) is 2.60. The molecule has 0 aliphatic carbocycles. The molecule has 3 nitrogen and oxygen atoms in total. The molecule has 0 saturated carbocycles. The van der Waals surface area contributed by atoms with Crippen LogP contribution in [-0.4, -0.2) is 25.0 Å². The van der Waals surface area contributed by atoms with Crippen molar-refractivity contribution in [2.75, 3.05) is 13.1 Å². The van der Waals surface area contributed by atoms with Crippen LogP contribution in [-0.2, 0) is 0 Å². The molecule has 2 atom stereocenters. The van der Waals surface area contributed by atoms with Crippen molar-refractivity contribution in [3.8, 4) is 0 Å². The van der Waals surface area contributed by atoms with Crippen molar-refractivity contribution < 1.29 is 4.79 Å². The Balaban J connectivity index is 1.97. The largest absolute Gasteiger partial charge is 0.349 e. The second kappa shape index (κ2) is 6.20. The van der Waals surface area contributed by atoms with Gasteiger partial charge in [0.15, 0.2) is 0 Å². The number of carbonyl (C=O) groups excluding carboxylic acids is 1. The van der Waals surface area contributed by atoms with Gasteiger partial charge in [0, 0.05) is 11.6 Å². The standard InChI is InChI=1S/C16H24N2O/c1-11-6-7-14(9-12(11)2)16(19)18-13(3)15-5-4-8-17-10-15/h6-7,9,13,15,17H,4-5,8,10H2,1-3H3,(H,18,19). The minimum atomic E-state index is 0.0428. The zero-order chi connectivity index (χ0) is 13.8. The van der Waals surface area contributed by atoms with Crippen molar-refractivity contribution in [1.29, 1.82) is 0 Å². The molecule has 1 aliphatic heterocycles. The second-order valence-electron chi connectivity index (χ2n) is 5.67. The van der Waals surface area contributed by atoms with Gasteiger partial charge in [-0.2, -0.15) is 0 Å². The molecule has 2 unspecified atom stereocenters. The van der Waals surface area contributed by atoms with Crippen LogP contribution >= 0.6 is 0 Å². The highest BCUT2D eigenvalue weighted by molar-refractivity contribution is 5.94. The number of aryl methyl sites for hydroxylation is 2. The van der Waals surface area contributed by atoms with Gasteiger partial charge in [0.25, 0.3) is 5.91 Å². The molecule has 1 fully saturated rings. The molecule has 0 bridgehead atoms. The number of hydrogen-bond acceptors (Lipinski definition) is 2. The summed E-state index contributed by atoms with van der Waals surface area (Å²) in [5, 5.41) is 6.53. The van der Waals surface area contributed by atoms with E-state index in [4.69, 9.17) is 0 Å². The molecular formula is C16H24N2O. The van der Waals surface area contributed by atoms with Gasteiger partial charge in [0.2, 0.25) is 0 Å². The lowest BCUT2D eigenvalue weighted by Gasteiger charge is -2.29. The Hall–Kier alpha value is -1.35. The fraction of sp³-hybridized carbons (Fsp3) is 0.562. The van der Waals surface area contributed by atoms with Crippen LogP contribution in [0.1, 0.15) is 41.3 Å². The summed E-state index contributed by atoms with van der Waals surface area (Å²) in [5.74, 6) is 0.588. The molecule has 0 spiro atoms. The van der Waals surface area contributed by atoms with E-state index in [0.717, 1.165) is 18.7 Å². The average Bonchev–Trinajstić information content (AvgIpc) is 2.42. The Kier molecular flexibility index (Phi) is 4.59. The second-order valence-corrected chi connectivity index (χ2v) is 5.67. The Labute approximate surface area is 115 Å². The van der Waals surface area contributed by atoms with Crippen LogP contribution in [0.2, 0.25) is 0 Å². The highest BCUT2D eigenvalue weighted by atomic mass is 16.1. The van der Waals surface area contributed by atoms with Crippen molar-refractivity contribution in [3.63, 3.8) is 0 Å². The van der Waals surface area contributed by atoms with E-state index in [1.54, 1.807) is 0 Å². The Morgan fingerprint density at radius 1 is 1.37 bits per heavy atom. The topological polar surface area (TPSA) is 41.1 Å². The molecule has 19 heavy (non-hydrogen) atoms. The summed E-state index contributed by atoms with van der Waals surface area (Å²) >= 11 is 0. The molecule has 1 aliphatic rings. The maximum Gasteiger partial charge on any atom is 0.251 e. The van der Waals surface area contributed by atoms with Gasteiger partial charge in [0.1, 0.15) is 0 Å². The molecule has 3 heteroatoms. The molecule has 2 rings (SSSR count). The summed E-state index contributed by atoms with van der Waals surface area (Å²) in [4.78, 5) is 12.2. The summed E-state index contributed by atoms with van der Waals surface area (Å²) in [6, 6.07) is 6.11. The van der Waals surface area contributed by atoms with Crippen LogP contribution < -0.4 is 10.6 Å². The van der Waals surface area contributed by atoms with Crippen molar-refractivity contribution in [2.45, 2.75) is 39.7 Å². The SMILES string of the molecule is Cc1ccc(C(=O)NC(C)C2CCCNC2)cc1C. The monoisotopic (exact) mass is 260 g/mol. The molecule has 2 N–H and O–H groups in total. The summed E-state index contributed by atoms with van der Waals surface area (Å²) in [5.41, 5.74) is 3.15. The van der Waals surface area contributed by atoms with Crippen LogP contribution in [0.3, 0.4) is 0 Å².